The van der Waals surface area contributed by atoms with Crippen LogP contribution in [0.15, 0.2) is 0 Å². The van der Waals surface area contributed by atoms with Crippen LogP contribution in [-0.2, 0) is 0 Å². The van der Waals surface area contributed by atoms with Gasteiger partial charge in [-0.05, 0) is 0 Å². The van der Waals surface area contributed by atoms with Crippen molar-refractivity contribution in [3.63, 3.8) is 0 Å². The van der Waals surface area contributed by atoms with Crippen LogP contribution in [0.25, 0.3) is 0 Å². The summed E-state index contributed by atoms with van der Waals surface area (Å²) in [4.78, 5) is 0. The van der Waals surface area contributed by atoms with Gasteiger partial charge in [0.1, 0.15) is 0 Å². The Kier molecular flexibility index (Phi) is 2.89. The fourth-order valence-electron chi connectivity index (χ4n) is 0. The second-order valence-electron chi connectivity index (χ2n) is 0.667. The summed E-state index contributed by atoms with van der Waals surface area (Å²) in [6.07, 6.45) is 0. The molecule has 0 amide bonds. The van der Waals surface area contributed by atoms with E-state index >= 15 is 0 Å². The predicted molar refractivity (Wildman–Crippen MR) is 23.4 cm³/mol. The molecule has 0 nitrogen and oxygen atoms in total. The van der Waals surface area contributed by atoms with Crippen molar-refractivity contribution in [2.75, 3.05) is 0 Å². The zero-order valence-electron chi connectivity index (χ0n) is 3.15. The molecular formula is C3H7B. The third-order valence-corrected chi connectivity index (χ3v) is 0.333. The Morgan fingerprint density at radius 1 is 1.75 bits per heavy atom. The maximum atomic E-state index is 2.00. The zero-order chi connectivity index (χ0) is 3.41. The average molecular weight is 53.9 g/mol. The number of hydrogen-bond acceptors (Lipinski definition) is 0. The van der Waals surface area contributed by atoms with Gasteiger partial charge in [-0.1, -0.05) is 0 Å². The SMILES string of the molecule is C/B=C/C. The van der Waals surface area contributed by atoms with Gasteiger partial charge in [-0.2, -0.15) is 0 Å². The second kappa shape index (κ2) is 2.93. The van der Waals surface area contributed by atoms with Crippen molar-refractivity contribution >= 4 is 12.9 Å². The van der Waals surface area contributed by atoms with Crippen molar-refractivity contribution in [1.29, 1.82) is 0 Å². The molecule has 0 radical (unpaired) electrons. The first-order valence-corrected chi connectivity index (χ1v) is 1.49. The molecule has 0 aromatic heterocycles. The molecule has 0 rings (SSSR count). The molecule has 0 N–H and O–H groups in total. The average Bonchev–Trinajstić information content (AvgIpc) is 1.37. The van der Waals surface area contributed by atoms with E-state index in [1.807, 2.05) is 26.6 Å². The van der Waals surface area contributed by atoms with Gasteiger partial charge in [-0.15, -0.1) is 0 Å². The fourth-order valence-corrected chi connectivity index (χ4v) is 0. The van der Waals surface area contributed by atoms with Gasteiger partial charge in [0, 0.05) is 0 Å². The Labute approximate surface area is 27.7 Å². The van der Waals surface area contributed by atoms with Crippen LogP contribution in [0, 0.1) is 0 Å². The van der Waals surface area contributed by atoms with E-state index in [2.05, 4.69) is 0 Å². The molecule has 0 aromatic carbocycles. The van der Waals surface area contributed by atoms with Crippen LogP contribution in [-0.4, -0.2) is 12.9 Å². The van der Waals surface area contributed by atoms with Gasteiger partial charge in [-0.25, -0.2) is 0 Å². The molecule has 0 bridgehead atoms. The van der Waals surface area contributed by atoms with E-state index in [9.17, 15) is 0 Å². The van der Waals surface area contributed by atoms with Gasteiger partial charge in [0.2, 0.25) is 0 Å². The second-order valence-corrected chi connectivity index (χ2v) is 0.667. The summed E-state index contributed by atoms with van der Waals surface area (Å²) < 4.78 is 0. The monoisotopic (exact) mass is 54.1 g/mol. The molecule has 0 saturated heterocycles. The normalized spacial score (nSPS) is 7.50. The molecule has 1 heteroatoms. The molecule has 0 aliphatic carbocycles. The van der Waals surface area contributed by atoms with Gasteiger partial charge in [0.05, 0.1) is 0 Å². The molecule has 4 heavy (non-hydrogen) atoms. The Hall–Kier alpha value is -0.0651. The molecule has 0 aromatic rings. The first-order valence-electron chi connectivity index (χ1n) is 1.49. The van der Waals surface area contributed by atoms with Gasteiger partial charge in [-0.3, -0.25) is 0 Å². The molecule has 0 unspecified atom stereocenters. The van der Waals surface area contributed by atoms with Crippen LogP contribution in [0.3, 0.4) is 0 Å². The minimum atomic E-state index is 2.00. The van der Waals surface area contributed by atoms with Crippen molar-refractivity contribution in [2.45, 2.75) is 13.7 Å². The molecule has 0 saturated carbocycles. The van der Waals surface area contributed by atoms with E-state index in [1.165, 1.54) is 0 Å². The van der Waals surface area contributed by atoms with Crippen LogP contribution in [0.2, 0.25) is 6.82 Å². The Balaban J connectivity index is 2.55. The molecule has 0 aliphatic heterocycles. The minimum absolute atomic E-state index is 2.00. The van der Waals surface area contributed by atoms with Crippen LogP contribution in [0.4, 0.5) is 0 Å². The van der Waals surface area contributed by atoms with Crippen molar-refractivity contribution in [2.24, 2.45) is 0 Å². The summed E-state index contributed by atoms with van der Waals surface area (Å²) in [6.45, 7) is 6.00. The summed E-state index contributed by atoms with van der Waals surface area (Å²) >= 11 is 0. The molecule has 0 atom stereocenters. The van der Waals surface area contributed by atoms with Crippen LogP contribution in [0.1, 0.15) is 6.92 Å². The van der Waals surface area contributed by atoms with Crippen molar-refractivity contribution < 1.29 is 0 Å². The van der Waals surface area contributed by atoms with E-state index in [-0.39, 0.29) is 0 Å². The number of rotatable bonds is 0. The van der Waals surface area contributed by atoms with Crippen molar-refractivity contribution in [3.8, 4) is 0 Å². The van der Waals surface area contributed by atoms with Crippen LogP contribution < -0.4 is 0 Å². The summed E-state index contributed by atoms with van der Waals surface area (Å²) in [5, 5.41) is 0. The first kappa shape index (κ1) is 3.93. The van der Waals surface area contributed by atoms with Gasteiger partial charge in [0.15, 0.2) is 0 Å². The summed E-state index contributed by atoms with van der Waals surface area (Å²) in [5.41, 5.74) is 0. The molecule has 0 aliphatic rings. The van der Waals surface area contributed by atoms with Crippen molar-refractivity contribution in [3.05, 3.63) is 0 Å². The van der Waals surface area contributed by atoms with E-state index in [0.29, 0.717) is 0 Å². The van der Waals surface area contributed by atoms with E-state index < -0.39 is 0 Å². The topological polar surface area (TPSA) is 0 Å². The van der Waals surface area contributed by atoms with Gasteiger partial charge < -0.3 is 0 Å². The van der Waals surface area contributed by atoms with Crippen LogP contribution in [0.5, 0.6) is 0 Å². The predicted octanol–water partition coefficient (Wildman–Crippen LogP) is 0.561. The van der Waals surface area contributed by atoms with E-state index in [4.69, 9.17) is 0 Å². The third-order valence-electron chi connectivity index (χ3n) is 0.333. The molecule has 0 heterocycles. The molecule has 22 valence electrons. The summed E-state index contributed by atoms with van der Waals surface area (Å²) in [5.74, 6) is 2.00. The third kappa shape index (κ3) is 1.93. The number of hydrogen-bond donors (Lipinski definition) is 0. The molecule has 0 fully saturated rings. The summed E-state index contributed by atoms with van der Waals surface area (Å²) in [6, 6.07) is 0. The Morgan fingerprint density at radius 2 is 2.00 bits per heavy atom. The molecular weight excluding hydrogens is 46.8 g/mol. The quantitative estimate of drug-likeness (QED) is 0.354. The van der Waals surface area contributed by atoms with Crippen molar-refractivity contribution in [1.82, 2.24) is 0 Å². The maximum absolute atomic E-state index is 2.00. The van der Waals surface area contributed by atoms with E-state index in [1.54, 1.807) is 0 Å². The first-order chi connectivity index (χ1) is 1.91. The zero-order valence-corrected chi connectivity index (χ0v) is 3.15. The summed E-state index contributed by atoms with van der Waals surface area (Å²) in [7, 11) is 0. The Morgan fingerprint density at radius 3 is 2.00 bits per heavy atom. The van der Waals surface area contributed by atoms with Gasteiger partial charge >= 0.3 is 26.6 Å². The van der Waals surface area contributed by atoms with Crippen LogP contribution >= 0.6 is 0 Å². The standard InChI is InChI=1S/C3H7B/c1-3-4-2/h3H,1-2H3. The van der Waals surface area contributed by atoms with Gasteiger partial charge in [0.25, 0.3) is 0 Å². The fraction of sp³-hybridized carbons (Fsp3) is 0.667. The van der Waals surface area contributed by atoms with E-state index in [0.717, 1.165) is 0 Å². The molecule has 0 spiro atoms. The Bertz CT molecular complexity index is 18.5.